The summed E-state index contributed by atoms with van der Waals surface area (Å²) < 4.78 is 14.2. The molecule has 0 spiro atoms. The third-order valence-electron chi connectivity index (χ3n) is 2.41. The standard InChI is InChI=1S/C12H10BrFN2O2/c13-12-11(7-3-1-2-4-8(7)14)15-9(16-12)5-6-10(17)18/h1-4H,5-6H2,(H,15,16)(H,17,18). The molecule has 18 heavy (non-hydrogen) atoms. The Bertz CT molecular complexity index is 583. The van der Waals surface area contributed by atoms with Crippen LogP contribution in [-0.2, 0) is 11.2 Å². The number of halogens is 2. The number of aromatic amines is 1. The molecule has 0 fully saturated rings. The largest absolute Gasteiger partial charge is 0.481 e. The predicted molar refractivity (Wildman–Crippen MR) is 67.6 cm³/mol. The summed E-state index contributed by atoms with van der Waals surface area (Å²) >= 11 is 3.26. The summed E-state index contributed by atoms with van der Waals surface area (Å²) in [6.45, 7) is 0. The molecule has 0 saturated heterocycles. The minimum atomic E-state index is -0.894. The zero-order chi connectivity index (χ0) is 13.1. The molecule has 0 aliphatic rings. The normalized spacial score (nSPS) is 10.6. The van der Waals surface area contributed by atoms with Crippen LogP contribution in [0.25, 0.3) is 11.3 Å². The van der Waals surface area contributed by atoms with Crippen molar-refractivity contribution in [2.24, 2.45) is 0 Å². The van der Waals surface area contributed by atoms with E-state index in [-0.39, 0.29) is 18.7 Å². The Morgan fingerprint density at radius 2 is 2.17 bits per heavy atom. The van der Waals surface area contributed by atoms with Gasteiger partial charge in [0.1, 0.15) is 21.9 Å². The second-order valence-corrected chi connectivity index (χ2v) is 4.51. The highest BCUT2D eigenvalue weighted by atomic mass is 79.9. The van der Waals surface area contributed by atoms with Crippen molar-refractivity contribution in [1.82, 2.24) is 9.97 Å². The molecule has 0 amide bonds. The average molecular weight is 313 g/mol. The van der Waals surface area contributed by atoms with Crippen molar-refractivity contribution in [3.8, 4) is 11.3 Å². The van der Waals surface area contributed by atoms with Crippen LogP contribution in [-0.4, -0.2) is 21.0 Å². The van der Waals surface area contributed by atoms with Crippen molar-refractivity contribution in [3.05, 3.63) is 40.5 Å². The fraction of sp³-hybridized carbons (Fsp3) is 0.167. The number of carbonyl (C=O) groups is 1. The number of H-pyrrole nitrogens is 1. The van der Waals surface area contributed by atoms with Crippen molar-refractivity contribution in [2.45, 2.75) is 12.8 Å². The molecule has 0 saturated carbocycles. The highest BCUT2D eigenvalue weighted by Crippen LogP contribution is 2.28. The number of carboxylic acids is 1. The van der Waals surface area contributed by atoms with Crippen LogP contribution < -0.4 is 0 Å². The summed E-state index contributed by atoms with van der Waals surface area (Å²) in [6.07, 6.45) is 0.263. The van der Waals surface area contributed by atoms with Crippen LogP contribution in [0.15, 0.2) is 28.9 Å². The molecule has 0 atom stereocenters. The minimum absolute atomic E-state index is 0.0172. The van der Waals surface area contributed by atoms with Crippen LogP contribution in [0.2, 0.25) is 0 Å². The number of imidazole rings is 1. The fourth-order valence-electron chi connectivity index (χ4n) is 1.57. The van der Waals surface area contributed by atoms with Gasteiger partial charge in [-0.15, -0.1) is 0 Å². The van der Waals surface area contributed by atoms with Crippen molar-refractivity contribution < 1.29 is 14.3 Å². The zero-order valence-electron chi connectivity index (χ0n) is 9.28. The van der Waals surface area contributed by atoms with Crippen molar-refractivity contribution in [2.75, 3.05) is 0 Å². The Labute approximate surface area is 111 Å². The molecule has 0 aliphatic heterocycles. The smallest absolute Gasteiger partial charge is 0.303 e. The molecule has 0 aliphatic carbocycles. The van der Waals surface area contributed by atoms with Gasteiger partial charge in [-0.25, -0.2) is 9.37 Å². The van der Waals surface area contributed by atoms with Gasteiger partial charge in [-0.3, -0.25) is 4.79 Å². The van der Waals surface area contributed by atoms with Crippen LogP contribution in [0.1, 0.15) is 12.2 Å². The number of hydrogen-bond acceptors (Lipinski definition) is 2. The summed E-state index contributed by atoms with van der Waals surface area (Å²) in [5.74, 6) is -0.744. The second-order valence-electron chi connectivity index (χ2n) is 3.72. The van der Waals surface area contributed by atoms with Gasteiger partial charge in [0.05, 0.1) is 6.42 Å². The first kappa shape index (κ1) is 12.8. The van der Waals surface area contributed by atoms with Crippen molar-refractivity contribution in [1.29, 1.82) is 0 Å². The molecular formula is C12H10BrFN2O2. The summed E-state index contributed by atoms with van der Waals surface area (Å²) in [7, 11) is 0. The molecular weight excluding hydrogens is 303 g/mol. The first-order chi connectivity index (χ1) is 8.58. The molecule has 2 aromatic rings. The highest BCUT2D eigenvalue weighted by Gasteiger charge is 2.14. The molecule has 4 nitrogen and oxygen atoms in total. The zero-order valence-corrected chi connectivity index (χ0v) is 10.9. The molecule has 1 aromatic carbocycles. The molecule has 1 aromatic heterocycles. The molecule has 2 N–H and O–H groups in total. The summed E-state index contributed by atoms with van der Waals surface area (Å²) in [6, 6.07) is 6.30. The third-order valence-corrected chi connectivity index (χ3v) is 2.99. The second kappa shape index (κ2) is 5.30. The number of aromatic nitrogens is 2. The van der Waals surface area contributed by atoms with E-state index in [2.05, 4.69) is 25.9 Å². The van der Waals surface area contributed by atoms with Crippen molar-refractivity contribution in [3.63, 3.8) is 0 Å². The Morgan fingerprint density at radius 1 is 1.44 bits per heavy atom. The number of carboxylic acid groups (broad SMARTS) is 1. The number of benzene rings is 1. The van der Waals surface area contributed by atoms with Gasteiger partial charge in [0.15, 0.2) is 0 Å². The Kier molecular flexibility index (Phi) is 3.76. The molecule has 2 rings (SSSR count). The van der Waals surface area contributed by atoms with Crippen LogP contribution in [0.5, 0.6) is 0 Å². The first-order valence-corrected chi connectivity index (χ1v) is 6.08. The van der Waals surface area contributed by atoms with E-state index in [0.29, 0.717) is 21.7 Å². The fourth-order valence-corrected chi connectivity index (χ4v) is 2.10. The van der Waals surface area contributed by atoms with Gasteiger partial charge in [0.25, 0.3) is 0 Å². The SMILES string of the molecule is O=C(O)CCc1nc(-c2ccccc2F)c(Br)[nH]1. The van der Waals surface area contributed by atoms with E-state index in [9.17, 15) is 9.18 Å². The molecule has 6 heteroatoms. The maximum atomic E-state index is 13.6. The predicted octanol–water partition coefficient (Wildman–Crippen LogP) is 3.00. The van der Waals surface area contributed by atoms with Gasteiger partial charge in [0.2, 0.25) is 0 Å². The van der Waals surface area contributed by atoms with Gasteiger partial charge >= 0.3 is 5.97 Å². The maximum absolute atomic E-state index is 13.6. The molecule has 94 valence electrons. The van der Waals surface area contributed by atoms with E-state index in [1.165, 1.54) is 6.07 Å². The average Bonchev–Trinajstić information content (AvgIpc) is 2.69. The van der Waals surface area contributed by atoms with E-state index in [1.54, 1.807) is 18.2 Å². The lowest BCUT2D eigenvalue weighted by Crippen LogP contribution is -1.98. The maximum Gasteiger partial charge on any atom is 0.303 e. The first-order valence-electron chi connectivity index (χ1n) is 5.29. The Balaban J connectivity index is 2.30. The molecule has 0 bridgehead atoms. The molecule has 0 radical (unpaired) electrons. The van der Waals surface area contributed by atoms with Gasteiger partial charge in [-0.2, -0.15) is 0 Å². The minimum Gasteiger partial charge on any atom is -0.481 e. The molecule has 1 heterocycles. The van der Waals surface area contributed by atoms with Crippen LogP contribution in [0.3, 0.4) is 0 Å². The van der Waals surface area contributed by atoms with Crippen LogP contribution in [0, 0.1) is 5.82 Å². The molecule has 0 unspecified atom stereocenters. The van der Waals surface area contributed by atoms with Gasteiger partial charge in [-0.05, 0) is 28.1 Å². The van der Waals surface area contributed by atoms with Crippen molar-refractivity contribution >= 4 is 21.9 Å². The van der Waals surface area contributed by atoms with E-state index in [4.69, 9.17) is 5.11 Å². The lowest BCUT2D eigenvalue weighted by Gasteiger charge is -1.98. The monoisotopic (exact) mass is 312 g/mol. The van der Waals surface area contributed by atoms with E-state index in [0.717, 1.165) is 0 Å². The number of nitrogens with zero attached hydrogens (tertiary/aromatic N) is 1. The number of aryl methyl sites for hydroxylation is 1. The van der Waals surface area contributed by atoms with Gasteiger partial charge in [-0.1, -0.05) is 12.1 Å². The van der Waals surface area contributed by atoms with E-state index in [1.807, 2.05) is 0 Å². The lowest BCUT2D eigenvalue weighted by molar-refractivity contribution is -0.137. The topological polar surface area (TPSA) is 66.0 Å². The summed E-state index contributed by atoms with van der Waals surface area (Å²) in [5, 5.41) is 8.60. The van der Waals surface area contributed by atoms with Crippen LogP contribution in [0.4, 0.5) is 4.39 Å². The third kappa shape index (κ3) is 2.76. The quantitative estimate of drug-likeness (QED) is 0.912. The highest BCUT2D eigenvalue weighted by molar-refractivity contribution is 9.10. The number of aliphatic carboxylic acids is 1. The van der Waals surface area contributed by atoms with Gasteiger partial charge < -0.3 is 10.1 Å². The summed E-state index contributed by atoms with van der Waals surface area (Å²) in [5.41, 5.74) is 0.829. The number of nitrogens with one attached hydrogen (secondary N) is 1. The number of hydrogen-bond donors (Lipinski definition) is 2. The lowest BCUT2D eigenvalue weighted by atomic mass is 10.1. The van der Waals surface area contributed by atoms with Crippen LogP contribution >= 0.6 is 15.9 Å². The Morgan fingerprint density at radius 3 is 2.83 bits per heavy atom. The van der Waals surface area contributed by atoms with Gasteiger partial charge in [0, 0.05) is 12.0 Å². The summed E-state index contributed by atoms with van der Waals surface area (Å²) in [4.78, 5) is 17.6. The van der Waals surface area contributed by atoms with E-state index >= 15 is 0 Å². The number of rotatable bonds is 4. The Hall–Kier alpha value is -1.69. The van der Waals surface area contributed by atoms with E-state index < -0.39 is 5.97 Å².